The lowest BCUT2D eigenvalue weighted by Crippen LogP contribution is -2.52. The topological polar surface area (TPSA) is 66.9 Å². The summed E-state index contributed by atoms with van der Waals surface area (Å²) < 4.78 is 13.9. The summed E-state index contributed by atoms with van der Waals surface area (Å²) in [6.45, 7) is 0. The molecule has 140 valence electrons. The van der Waals surface area contributed by atoms with Crippen LogP contribution in [-0.4, -0.2) is 11.0 Å². The molecule has 6 rings (SSSR count). The second-order valence-electron chi connectivity index (χ2n) is 9.02. The van der Waals surface area contributed by atoms with Gasteiger partial charge in [-0.2, -0.15) is 5.26 Å². The maximum atomic E-state index is 13.9. The van der Waals surface area contributed by atoms with Crippen molar-refractivity contribution < 1.29 is 9.18 Å². The second kappa shape index (κ2) is 6.10. The predicted octanol–water partition coefficient (Wildman–Crippen LogP) is 4.50. The van der Waals surface area contributed by atoms with Gasteiger partial charge in [0.25, 0.3) is 0 Å². The quantitative estimate of drug-likeness (QED) is 0.835. The van der Waals surface area contributed by atoms with Crippen LogP contribution in [0.5, 0.6) is 0 Å². The maximum absolute atomic E-state index is 13.9. The standard InChI is InChI=1S/C22H23FN2OS/c23-16-3-1-2-15(7-16)18-17(11-24)21(25)27-19(18)20(26)22-8-12-4-13(9-22)6-14(5-12)10-22/h1-3,7,12-14,18-19H,4-6,8-10,25H2. The minimum Gasteiger partial charge on any atom is -0.393 e. The fraction of sp³-hybridized carbons (Fsp3) is 0.545. The number of nitrogens with two attached hydrogens (primary N) is 1. The Morgan fingerprint density at radius 2 is 1.81 bits per heavy atom. The molecule has 4 aliphatic carbocycles. The first-order valence-electron chi connectivity index (χ1n) is 9.85. The van der Waals surface area contributed by atoms with E-state index in [0.717, 1.165) is 19.3 Å². The summed E-state index contributed by atoms with van der Waals surface area (Å²) in [7, 11) is 0. The van der Waals surface area contributed by atoms with Crippen molar-refractivity contribution in [2.24, 2.45) is 28.9 Å². The van der Waals surface area contributed by atoms with Crippen molar-refractivity contribution in [2.75, 3.05) is 0 Å². The zero-order valence-corrected chi connectivity index (χ0v) is 16.0. The van der Waals surface area contributed by atoms with Crippen molar-refractivity contribution in [3.05, 3.63) is 46.2 Å². The van der Waals surface area contributed by atoms with Crippen LogP contribution in [0.1, 0.15) is 50.0 Å². The minimum atomic E-state index is -0.434. The SMILES string of the molecule is N#CC1=C(N)SC(C(=O)C23CC4CC(CC(C4)C2)C3)C1c1cccc(F)c1. The van der Waals surface area contributed by atoms with Crippen LogP contribution < -0.4 is 5.73 Å². The van der Waals surface area contributed by atoms with E-state index in [9.17, 15) is 14.4 Å². The van der Waals surface area contributed by atoms with E-state index in [1.54, 1.807) is 6.07 Å². The highest BCUT2D eigenvalue weighted by Gasteiger charge is 2.57. The Kier molecular flexibility index (Phi) is 3.91. The van der Waals surface area contributed by atoms with Crippen molar-refractivity contribution in [1.82, 2.24) is 0 Å². The molecule has 0 saturated heterocycles. The number of nitriles is 1. The van der Waals surface area contributed by atoms with Gasteiger partial charge in [0.1, 0.15) is 5.82 Å². The van der Waals surface area contributed by atoms with E-state index in [1.807, 2.05) is 6.07 Å². The number of benzene rings is 1. The van der Waals surface area contributed by atoms with Crippen LogP contribution in [-0.2, 0) is 4.79 Å². The number of allylic oxidation sites excluding steroid dienone is 1. The molecule has 0 spiro atoms. The Labute approximate surface area is 163 Å². The molecule has 1 aliphatic heterocycles. The molecule has 0 aromatic heterocycles. The first-order valence-corrected chi connectivity index (χ1v) is 10.7. The van der Waals surface area contributed by atoms with Gasteiger partial charge in [0.05, 0.1) is 21.9 Å². The minimum absolute atomic E-state index is 0.247. The number of nitrogens with zero attached hydrogens (tertiary/aromatic N) is 1. The van der Waals surface area contributed by atoms with Crippen molar-refractivity contribution in [2.45, 2.75) is 49.7 Å². The Morgan fingerprint density at radius 3 is 2.37 bits per heavy atom. The zero-order chi connectivity index (χ0) is 18.8. The Hall–Kier alpha value is -1.80. The van der Waals surface area contributed by atoms with Crippen LogP contribution in [0, 0.1) is 40.3 Å². The van der Waals surface area contributed by atoms with Crippen LogP contribution in [0.4, 0.5) is 4.39 Å². The van der Waals surface area contributed by atoms with Crippen LogP contribution in [0.2, 0.25) is 0 Å². The molecule has 2 atom stereocenters. The Bertz CT molecular complexity index is 851. The first kappa shape index (κ1) is 17.3. The number of hydrogen-bond acceptors (Lipinski definition) is 4. The van der Waals surface area contributed by atoms with Gasteiger partial charge in [-0.1, -0.05) is 23.9 Å². The number of rotatable bonds is 3. The number of halogens is 1. The van der Waals surface area contributed by atoms with Gasteiger partial charge in [-0.15, -0.1) is 0 Å². The molecule has 4 fully saturated rings. The number of hydrogen-bond donors (Lipinski definition) is 1. The third-order valence-electron chi connectivity index (χ3n) is 7.28. The Morgan fingerprint density at radius 1 is 1.19 bits per heavy atom. The van der Waals surface area contributed by atoms with Crippen molar-refractivity contribution in [3.8, 4) is 6.07 Å². The fourth-order valence-electron chi connectivity index (χ4n) is 6.66. The fourth-order valence-corrected chi connectivity index (χ4v) is 8.02. The van der Waals surface area contributed by atoms with E-state index in [4.69, 9.17) is 5.73 Å². The van der Waals surface area contributed by atoms with Gasteiger partial charge in [-0.3, -0.25) is 4.79 Å². The molecule has 5 aliphatic rings. The highest BCUT2D eigenvalue weighted by molar-refractivity contribution is 8.04. The number of thioether (sulfide) groups is 1. The zero-order valence-electron chi connectivity index (χ0n) is 15.2. The van der Waals surface area contributed by atoms with Crippen molar-refractivity contribution in [3.63, 3.8) is 0 Å². The number of carbonyl (C=O) groups excluding carboxylic acids is 1. The average Bonchev–Trinajstić information content (AvgIpc) is 2.96. The van der Waals surface area contributed by atoms with E-state index < -0.39 is 11.2 Å². The van der Waals surface area contributed by atoms with Gasteiger partial charge in [0.15, 0.2) is 5.78 Å². The van der Waals surface area contributed by atoms with Gasteiger partial charge in [0.2, 0.25) is 0 Å². The molecule has 2 N–H and O–H groups in total. The molecular formula is C22H23FN2OS. The van der Waals surface area contributed by atoms with Crippen LogP contribution >= 0.6 is 11.8 Å². The summed E-state index contributed by atoms with van der Waals surface area (Å²) >= 11 is 1.33. The predicted molar refractivity (Wildman–Crippen MR) is 103 cm³/mol. The molecule has 3 nitrogen and oxygen atoms in total. The van der Waals surface area contributed by atoms with Gasteiger partial charge in [0, 0.05) is 11.3 Å². The summed E-state index contributed by atoms with van der Waals surface area (Å²) in [6.07, 6.45) is 6.82. The van der Waals surface area contributed by atoms with Gasteiger partial charge in [-0.25, -0.2) is 4.39 Å². The molecule has 1 aromatic carbocycles. The first-order chi connectivity index (χ1) is 13.0. The summed E-state index contributed by atoms with van der Waals surface area (Å²) in [4.78, 5) is 13.9. The molecule has 1 aromatic rings. The lowest BCUT2D eigenvalue weighted by molar-refractivity contribution is -0.143. The summed E-state index contributed by atoms with van der Waals surface area (Å²) in [5, 5.41) is 9.69. The molecule has 0 radical (unpaired) electrons. The number of ketones is 1. The van der Waals surface area contributed by atoms with E-state index in [0.29, 0.717) is 33.9 Å². The van der Waals surface area contributed by atoms with Crippen LogP contribution in [0.15, 0.2) is 34.9 Å². The number of Topliss-reactive ketones (excluding diaryl/α,β-unsaturated/α-hetero) is 1. The van der Waals surface area contributed by atoms with Gasteiger partial charge < -0.3 is 5.73 Å². The highest BCUT2D eigenvalue weighted by atomic mass is 32.2. The molecule has 2 unspecified atom stereocenters. The lowest BCUT2D eigenvalue weighted by atomic mass is 9.48. The third kappa shape index (κ3) is 2.64. The third-order valence-corrected chi connectivity index (χ3v) is 8.49. The molecule has 4 bridgehead atoms. The average molecular weight is 383 g/mol. The summed E-state index contributed by atoms with van der Waals surface area (Å²) in [5.41, 5.74) is 7.01. The van der Waals surface area contributed by atoms with Crippen LogP contribution in [0.25, 0.3) is 0 Å². The normalized spacial score (nSPS) is 39.6. The monoisotopic (exact) mass is 382 g/mol. The van der Waals surface area contributed by atoms with Gasteiger partial charge >= 0.3 is 0 Å². The number of carbonyl (C=O) groups is 1. The summed E-state index contributed by atoms with van der Waals surface area (Å²) in [6, 6.07) is 8.49. The molecule has 27 heavy (non-hydrogen) atoms. The largest absolute Gasteiger partial charge is 0.393 e. The second-order valence-corrected chi connectivity index (χ2v) is 10.2. The molecule has 5 heteroatoms. The molecule has 4 saturated carbocycles. The molecular weight excluding hydrogens is 359 g/mol. The maximum Gasteiger partial charge on any atom is 0.153 e. The van der Waals surface area contributed by atoms with Crippen molar-refractivity contribution >= 4 is 17.5 Å². The van der Waals surface area contributed by atoms with Crippen molar-refractivity contribution in [1.29, 1.82) is 5.26 Å². The Balaban J connectivity index is 1.52. The smallest absolute Gasteiger partial charge is 0.153 e. The molecule has 1 heterocycles. The molecule has 0 amide bonds. The van der Waals surface area contributed by atoms with E-state index in [-0.39, 0.29) is 17.0 Å². The van der Waals surface area contributed by atoms with E-state index in [2.05, 4.69) is 6.07 Å². The summed E-state index contributed by atoms with van der Waals surface area (Å²) in [5.74, 6) is 1.52. The van der Waals surface area contributed by atoms with E-state index in [1.165, 1.54) is 43.2 Å². The lowest BCUT2D eigenvalue weighted by Gasteiger charge is -2.56. The highest BCUT2D eigenvalue weighted by Crippen LogP contribution is 2.62. The van der Waals surface area contributed by atoms with Crippen LogP contribution in [0.3, 0.4) is 0 Å². The van der Waals surface area contributed by atoms with E-state index >= 15 is 0 Å². The van der Waals surface area contributed by atoms with Gasteiger partial charge in [-0.05, 0) is 74.0 Å².